The molecule has 2 atom stereocenters. The van der Waals surface area contributed by atoms with Crippen molar-refractivity contribution in [2.24, 2.45) is 0 Å². The van der Waals surface area contributed by atoms with Crippen molar-refractivity contribution in [2.75, 3.05) is 0 Å². The quantitative estimate of drug-likeness (QED) is 0.934. The zero-order chi connectivity index (χ0) is 14.0. The summed E-state index contributed by atoms with van der Waals surface area (Å²) in [6.45, 7) is 5.73. The van der Waals surface area contributed by atoms with E-state index < -0.39 is 6.04 Å². The summed E-state index contributed by atoms with van der Waals surface area (Å²) in [5.74, 6) is -0.108. The zero-order valence-corrected chi connectivity index (χ0v) is 12.2. The van der Waals surface area contributed by atoms with Gasteiger partial charge in [0.1, 0.15) is 6.04 Å². The van der Waals surface area contributed by atoms with Gasteiger partial charge in [0.25, 0.3) is 5.56 Å². The number of carbonyl (C=O) groups is 1. The second-order valence-electron chi connectivity index (χ2n) is 4.71. The molecule has 0 saturated heterocycles. The minimum Gasteiger partial charge on any atom is -0.352 e. The maximum atomic E-state index is 12.2. The minimum atomic E-state index is -0.473. The van der Waals surface area contributed by atoms with E-state index in [1.165, 1.54) is 11.5 Å². The van der Waals surface area contributed by atoms with Crippen LogP contribution >= 0.6 is 11.5 Å². The Morgan fingerprint density at radius 2 is 2.05 bits per heavy atom. The SMILES string of the molecule is CCC(C)NC(=O)C(C)n1sc2ccccc2c1=O. The van der Waals surface area contributed by atoms with Gasteiger partial charge >= 0.3 is 0 Å². The Hall–Kier alpha value is -1.62. The summed E-state index contributed by atoms with van der Waals surface area (Å²) in [5.41, 5.74) is -0.0904. The molecule has 0 fully saturated rings. The first-order chi connectivity index (χ1) is 9.04. The molecule has 0 aliphatic carbocycles. The third-order valence-electron chi connectivity index (χ3n) is 3.25. The Morgan fingerprint density at radius 3 is 2.68 bits per heavy atom. The van der Waals surface area contributed by atoms with Crippen molar-refractivity contribution in [1.29, 1.82) is 0 Å². The molecule has 0 saturated carbocycles. The molecule has 1 amide bonds. The number of benzene rings is 1. The van der Waals surface area contributed by atoms with Crippen molar-refractivity contribution in [3.8, 4) is 0 Å². The highest BCUT2D eigenvalue weighted by Gasteiger charge is 2.20. The highest BCUT2D eigenvalue weighted by Crippen LogP contribution is 2.19. The Balaban J connectivity index is 2.31. The fraction of sp³-hybridized carbons (Fsp3) is 0.429. The summed E-state index contributed by atoms with van der Waals surface area (Å²) in [7, 11) is 0. The number of amides is 1. The van der Waals surface area contributed by atoms with Crippen LogP contribution in [0.1, 0.15) is 33.2 Å². The highest BCUT2D eigenvalue weighted by molar-refractivity contribution is 7.13. The van der Waals surface area contributed by atoms with Gasteiger partial charge in [0.15, 0.2) is 0 Å². The molecule has 0 spiro atoms. The van der Waals surface area contributed by atoms with Crippen LogP contribution in [-0.4, -0.2) is 15.9 Å². The summed E-state index contributed by atoms with van der Waals surface area (Å²) in [5, 5.41) is 3.58. The van der Waals surface area contributed by atoms with Crippen LogP contribution in [0.4, 0.5) is 0 Å². The molecule has 0 bridgehead atoms. The van der Waals surface area contributed by atoms with Gasteiger partial charge in [-0.25, -0.2) is 0 Å². The lowest BCUT2D eigenvalue weighted by Gasteiger charge is -2.16. The predicted molar refractivity (Wildman–Crippen MR) is 78.7 cm³/mol. The van der Waals surface area contributed by atoms with Crippen LogP contribution in [0.25, 0.3) is 10.1 Å². The predicted octanol–water partition coefficient (Wildman–Crippen LogP) is 2.54. The van der Waals surface area contributed by atoms with Gasteiger partial charge in [0.2, 0.25) is 5.91 Å². The fourth-order valence-electron chi connectivity index (χ4n) is 1.82. The topological polar surface area (TPSA) is 51.1 Å². The summed E-state index contributed by atoms with van der Waals surface area (Å²) in [6, 6.07) is 7.08. The van der Waals surface area contributed by atoms with Crippen molar-refractivity contribution in [1.82, 2.24) is 9.27 Å². The van der Waals surface area contributed by atoms with E-state index in [0.29, 0.717) is 5.39 Å². The number of aromatic nitrogens is 1. The van der Waals surface area contributed by atoms with Crippen LogP contribution in [0.2, 0.25) is 0 Å². The molecule has 4 nitrogen and oxygen atoms in total. The first-order valence-corrected chi connectivity index (χ1v) is 7.22. The van der Waals surface area contributed by atoms with E-state index in [-0.39, 0.29) is 17.5 Å². The average Bonchev–Trinajstić information content (AvgIpc) is 2.75. The van der Waals surface area contributed by atoms with Crippen LogP contribution in [0, 0.1) is 0 Å². The van der Waals surface area contributed by atoms with E-state index in [1.807, 2.05) is 32.0 Å². The van der Waals surface area contributed by atoms with Gasteiger partial charge in [-0.15, -0.1) is 0 Å². The fourth-order valence-corrected chi connectivity index (χ4v) is 2.86. The molecule has 0 aliphatic rings. The van der Waals surface area contributed by atoms with Crippen LogP contribution in [0.15, 0.2) is 29.1 Å². The molecule has 2 rings (SSSR count). The molecule has 0 aliphatic heterocycles. The van der Waals surface area contributed by atoms with Crippen LogP contribution in [-0.2, 0) is 4.79 Å². The molecule has 1 heterocycles. The van der Waals surface area contributed by atoms with Crippen LogP contribution in [0.3, 0.4) is 0 Å². The molecule has 19 heavy (non-hydrogen) atoms. The third-order valence-corrected chi connectivity index (χ3v) is 4.48. The Labute approximate surface area is 116 Å². The number of fused-ring (bicyclic) bond motifs is 1. The first kappa shape index (κ1) is 13.8. The van der Waals surface area contributed by atoms with E-state index >= 15 is 0 Å². The number of nitrogens with zero attached hydrogens (tertiary/aromatic N) is 1. The van der Waals surface area contributed by atoms with Gasteiger partial charge in [-0.2, -0.15) is 0 Å². The molecule has 1 N–H and O–H groups in total. The lowest BCUT2D eigenvalue weighted by Crippen LogP contribution is -2.38. The maximum absolute atomic E-state index is 12.2. The number of rotatable bonds is 4. The van der Waals surface area contributed by atoms with Crippen molar-refractivity contribution in [3.63, 3.8) is 0 Å². The molecule has 1 aromatic heterocycles. The molecule has 0 radical (unpaired) electrons. The average molecular weight is 278 g/mol. The third kappa shape index (κ3) is 2.71. The van der Waals surface area contributed by atoms with Gasteiger partial charge in [-0.3, -0.25) is 13.5 Å². The van der Waals surface area contributed by atoms with Gasteiger partial charge < -0.3 is 5.32 Å². The van der Waals surface area contributed by atoms with Gasteiger partial charge in [-0.05, 0) is 32.4 Å². The van der Waals surface area contributed by atoms with Crippen molar-refractivity contribution < 1.29 is 4.79 Å². The Morgan fingerprint density at radius 1 is 1.37 bits per heavy atom. The lowest BCUT2D eigenvalue weighted by molar-refractivity contribution is -0.124. The molecule has 1 aromatic carbocycles. The molecule has 2 aromatic rings. The molecular weight excluding hydrogens is 260 g/mol. The number of carbonyl (C=O) groups excluding carboxylic acids is 1. The van der Waals surface area contributed by atoms with E-state index in [0.717, 1.165) is 11.1 Å². The van der Waals surface area contributed by atoms with Crippen molar-refractivity contribution in [3.05, 3.63) is 34.6 Å². The van der Waals surface area contributed by atoms with E-state index in [1.54, 1.807) is 16.9 Å². The van der Waals surface area contributed by atoms with E-state index in [4.69, 9.17) is 0 Å². The van der Waals surface area contributed by atoms with E-state index in [2.05, 4.69) is 5.32 Å². The van der Waals surface area contributed by atoms with Crippen molar-refractivity contribution >= 4 is 27.5 Å². The van der Waals surface area contributed by atoms with Crippen LogP contribution in [0.5, 0.6) is 0 Å². The van der Waals surface area contributed by atoms with Gasteiger partial charge in [-0.1, -0.05) is 30.6 Å². The van der Waals surface area contributed by atoms with E-state index in [9.17, 15) is 9.59 Å². The summed E-state index contributed by atoms with van der Waals surface area (Å²) >= 11 is 1.34. The molecule has 102 valence electrons. The Bertz CT molecular complexity index is 644. The summed E-state index contributed by atoms with van der Waals surface area (Å²) < 4.78 is 2.46. The Kier molecular flexibility index (Phi) is 4.04. The zero-order valence-electron chi connectivity index (χ0n) is 11.3. The lowest BCUT2D eigenvalue weighted by atomic mass is 10.2. The maximum Gasteiger partial charge on any atom is 0.269 e. The molecule has 2 unspecified atom stereocenters. The second kappa shape index (κ2) is 5.57. The first-order valence-electron chi connectivity index (χ1n) is 6.45. The summed E-state index contributed by atoms with van der Waals surface area (Å²) in [6.07, 6.45) is 0.875. The van der Waals surface area contributed by atoms with Crippen molar-refractivity contribution in [2.45, 2.75) is 39.3 Å². The standard InChI is InChI=1S/C14H18N2O2S/c1-4-9(2)15-13(17)10(3)16-14(18)11-7-5-6-8-12(11)19-16/h5-10H,4H2,1-3H3,(H,15,17). The second-order valence-corrected chi connectivity index (χ2v) is 5.73. The number of hydrogen-bond donors (Lipinski definition) is 1. The normalized spacial score (nSPS) is 14.3. The minimum absolute atomic E-state index is 0.0904. The number of hydrogen-bond acceptors (Lipinski definition) is 3. The summed E-state index contributed by atoms with van der Waals surface area (Å²) in [4.78, 5) is 24.3. The number of nitrogens with one attached hydrogen (secondary N) is 1. The smallest absolute Gasteiger partial charge is 0.269 e. The highest BCUT2D eigenvalue weighted by atomic mass is 32.1. The molecular formula is C14H18N2O2S. The monoisotopic (exact) mass is 278 g/mol. The van der Waals surface area contributed by atoms with Gasteiger partial charge in [0, 0.05) is 6.04 Å². The van der Waals surface area contributed by atoms with Crippen LogP contribution < -0.4 is 10.9 Å². The van der Waals surface area contributed by atoms with Gasteiger partial charge in [0.05, 0.1) is 10.1 Å². The largest absolute Gasteiger partial charge is 0.352 e. The molecule has 5 heteroatoms.